The van der Waals surface area contributed by atoms with Gasteiger partial charge in [0.25, 0.3) is 0 Å². The van der Waals surface area contributed by atoms with Crippen molar-refractivity contribution < 1.29 is 19.7 Å². The Kier molecular flexibility index (Phi) is 6.53. The van der Waals surface area contributed by atoms with Crippen molar-refractivity contribution in [1.82, 2.24) is 0 Å². The zero-order valence-electron chi connectivity index (χ0n) is 11.5. The number of carboxylic acid groups (broad SMARTS) is 1. The van der Waals surface area contributed by atoms with Crippen LogP contribution >= 0.6 is 0 Å². The minimum Gasteiger partial charge on any atom is -0.481 e. The first-order valence-electron chi connectivity index (χ1n) is 6.59. The van der Waals surface area contributed by atoms with Gasteiger partial charge >= 0.3 is 5.97 Å². The zero-order chi connectivity index (χ0) is 14.3. The number of rotatable bonds is 8. The van der Waals surface area contributed by atoms with Crippen LogP contribution in [0.25, 0.3) is 0 Å². The summed E-state index contributed by atoms with van der Waals surface area (Å²) in [5, 5.41) is 19.6. The molecule has 19 heavy (non-hydrogen) atoms. The number of aliphatic hydroxyl groups is 1. The maximum absolute atomic E-state index is 11.3. The number of ether oxygens (including phenoxy) is 1. The highest BCUT2D eigenvalue weighted by Gasteiger charge is 2.28. The molecule has 0 aliphatic carbocycles. The van der Waals surface area contributed by atoms with Crippen LogP contribution in [0, 0.1) is 5.92 Å². The highest BCUT2D eigenvalue weighted by Crippen LogP contribution is 2.29. The van der Waals surface area contributed by atoms with Gasteiger partial charge in [0, 0.05) is 7.11 Å². The molecule has 2 atom stereocenters. The number of aliphatic carboxylic acids is 1. The molecule has 0 aliphatic heterocycles. The molecular weight excluding hydrogens is 244 g/mol. The van der Waals surface area contributed by atoms with Crippen LogP contribution in [0.1, 0.15) is 43.4 Å². The normalized spacial score (nSPS) is 14.1. The van der Waals surface area contributed by atoms with Crippen LogP contribution in [0.15, 0.2) is 24.3 Å². The van der Waals surface area contributed by atoms with E-state index in [4.69, 9.17) is 4.74 Å². The second kappa shape index (κ2) is 7.92. The van der Waals surface area contributed by atoms with Crippen LogP contribution in [0.3, 0.4) is 0 Å². The van der Waals surface area contributed by atoms with Crippen molar-refractivity contribution in [1.29, 1.82) is 0 Å². The van der Waals surface area contributed by atoms with Gasteiger partial charge in [0.1, 0.15) is 0 Å². The van der Waals surface area contributed by atoms with Crippen molar-refractivity contribution in [3.05, 3.63) is 35.4 Å². The molecule has 4 nitrogen and oxygen atoms in total. The number of methoxy groups -OCH3 is 1. The molecule has 2 unspecified atom stereocenters. The van der Waals surface area contributed by atoms with E-state index < -0.39 is 18.0 Å². The molecule has 0 spiro atoms. The molecule has 0 saturated carbocycles. The summed E-state index contributed by atoms with van der Waals surface area (Å²) in [4.78, 5) is 11.3. The Morgan fingerprint density at radius 3 is 2.63 bits per heavy atom. The van der Waals surface area contributed by atoms with Crippen LogP contribution in [0.2, 0.25) is 0 Å². The molecule has 1 aromatic rings. The van der Waals surface area contributed by atoms with E-state index in [9.17, 15) is 15.0 Å². The largest absolute Gasteiger partial charge is 0.481 e. The van der Waals surface area contributed by atoms with Gasteiger partial charge in [0.15, 0.2) is 0 Å². The first-order chi connectivity index (χ1) is 9.11. The van der Waals surface area contributed by atoms with Crippen molar-refractivity contribution in [3.63, 3.8) is 0 Å². The summed E-state index contributed by atoms with van der Waals surface area (Å²) in [6.07, 6.45) is 1.20. The third kappa shape index (κ3) is 4.33. The lowest BCUT2D eigenvalue weighted by Crippen LogP contribution is -2.23. The summed E-state index contributed by atoms with van der Waals surface area (Å²) >= 11 is 0. The summed E-state index contributed by atoms with van der Waals surface area (Å²) < 4.78 is 5.08. The molecule has 0 amide bonds. The number of aliphatic hydroxyl groups excluding tert-OH is 1. The number of benzene rings is 1. The number of carbonyl (C=O) groups is 1. The minimum atomic E-state index is -0.990. The van der Waals surface area contributed by atoms with Gasteiger partial charge in [-0.15, -0.1) is 0 Å². The van der Waals surface area contributed by atoms with E-state index in [2.05, 4.69) is 0 Å². The second-order valence-corrected chi connectivity index (χ2v) is 4.66. The summed E-state index contributed by atoms with van der Waals surface area (Å²) in [6.45, 7) is 2.37. The fraction of sp³-hybridized carbons (Fsp3) is 0.533. The third-order valence-electron chi connectivity index (χ3n) is 3.24. The average molecular weight is 266 g/mol. The van der Waals surface area contributed by atoms with E-state index >= 15 is 0 Å². The second-order valence-electron chi connectivity index (χ2n) is 4.66. The number of unbranched alkanes of at least 4 members (excludes halogenated alkanes) is 1. The lowest BCUT2D eigenvalue weighted by molar-refractivity contribution is -0.146. The standard InChI is InChI=1S/C15H22O4/c1-3-4-8-13(15(17)18)14(16)12-9-6-5-7-11(12)10-19-2/h5-7,9,13-14,16H,3-4,8,10H2,1-2H3,(H,17,18). The molecule has 1 aromatic carbocycles. The summed E-state index contributed by atoms with van der Waals surface area (Å²) in [6, 6.07) is 7.27. The van der Waals surface area contributed by atoms with E-state index in [0.717, 1.165) is 18.4 Å². The van der Waals surface area contributed by atoms with Crippen molar-refractivity contribution in [3.8, 4) is 0 Å². The van der Waals surface area contributed by atoms with Crippen molar-refractivity contribution in [2.75, 3.05) is 7.11 Å². The van der Waals surface area contributed by atoms with Crippen LogP contribution in [-0.4, -0.2) is 23.3 Å². The lowest BCUT2D eigenvalue weighted by Gasteiger charge is -2.21. The Morgan fingerprint density at radius 1 is 1.37 bits per heavy atom. The van der Waals surface area contributed by atoms with Crippen LogP contribution in [0.5, 0.6) is 0 Å². The number of hydrogen-bond acceptors (Lipinski definition) is 3. The van der Waals surface area contributed by atoms with E-state index in [1.165, 1.54) is 0 Å². The monoisotopic (exact) mass is 266 g/mol. The van der Waals surface area contributed by atoms with Crippen molar-refractivity contribution >= 4 is 5.97 Å². The van der Waals surface area contributed by atoms with E-state index in [0.29, 0.717) is 18.6 Å². The van der Waals surface area contributed by atoms with Crippen molar-refractivity contribution in [2.45, 2.75) is 38.9 Å². The molecule has 0 fully saturated rings. The van der Waals surface area contributed by atoms with Gasteiger partial charge < -0.3 is 14.9 Å². The summed E-state index contributed by atoms with van der Waals surface area (Å²) in [5.74, 6) is -1.72. The highest BCUT2D eigenvalue weighted by atomic mass is 16.5. The van der Waals surface area contributed by atoms with Crippen LogP contribution < -0.4 is 0 Å². The van der Waals surface area contributed by atoms with E-state index in [1.807, 2.05) is 19.1 Å². The SMILES string of the molecule is CCCCC(C(=O)O)C(O)c1ccccc1COC. The van der Waals surface area contributed by atoms with Gasteiger partial charge in [-0.25, -0.2) is 0 Å². The van der Waals surface area contributed by atoms with Crippen LogP contribution in [-0.2, 0) is 16.1 Å². The Morgan fingerprint density at radius 2 is 2.05 bits per heavy atom. The quantitative estimate of drug-likeness (QED) is 0.759. The zero-order valence-corrected chi connectivity index (χ0v) is 11.5. The summed E-state index contributed by atoms with van der Waals surface area (Å²) in [7, 11) is 1.58. The average Bonchev–Trinajstić information content (AvgIpc) is 2.39. The Bertz CT molecular complexity index is 403. The minimum absolute atomic E-state index is 0.368. The molecule has 4 heteroatoms. The first-order valence-corrected chi connectivity index (χ1v) is 6.59. The number of carboxylic acids is 1. The van der Waals surface area contributed by atoms with Gasteiger partial charge in [-0.3, -0.25) is 4.79 Å². The molecule has 2 N–H and O–H groups in total. The maximum atomic E-state index is 11.3. The molecule has 1 rings (SSSR count). The predicted octanol–water partition coefficient (Wildman–Crippen LogP) is 2.76. The van der Waals surface area contributed by atoms with Gasteiger partial charge in [-0.05, 0) is 17.5 Å². The Balaban J connectivity index is 2.95. The topological polar surface area (TPSA) is 66.8 Å². The smallest absolute Gasteiger partial charge is 0.309 e. The Hall–Kier alpha value is -1.39. The third-order valence-corrected chi connectivity index (χ3v) is 3.24. The fourth-order valence-corrected chi connectivity index (χ4v) is 2.17. The Labute approximate surface area is 114 Å². The molecule has 0 aromatic heterocycles. The number of hydrogen-bond donors (Lipinski definition) is 2. The highest BCUT2D eigenvalue weighted by molar-refractivity contribution is 5.71. The van der Waals surface area contributed by atoms with E-state index in [1.54, 1.807) is 19.2 Å². The lowest BCUT2D eigenvalue weighted by atomic mass is 9.89. The van der Waals surface area contributed by atoms with E-state index in [-0.39, 0.29) is 0 Å². The van der Waals surface area contributed by atoms with Crippen molar-refractivity contribution in [2.24, 2.45) is 5.92 Å². The maximum Gasteiger partial charge on any atom is 0.309 e. The van der Waals surface area contributed by atoms with Crippen LogP contribution in [0.4, 0.5) is 0 Å². The van der Waals surface area contributed by atoms with Gasteiger partial charge in [0.05, 0.1) is 18.6 Å². The molecule has 106 valence electrons. The first kappa shape index (κ1) is 15.7. The molecule has 0 saturated heterocycles. The molecule has 0 bridgehead atoms. The summed E-state index contributed by atoms with van der Waals surface area (Å²) in [5.41, 5.74) is 1.48. The van der Waals surface area contributed by atoms with Gasteiger partial charge in [0.2, 0.25) is 0 Å². The van der Waals surface area contributed by atoms with Gasteiger partial charge in [-0.2, -0.15) is 0 Å². The predicted molar refractivity (Wildman–Crippen MR) is 72.8 cm³/mol. The molecule has 0 aliphatic rings. The molecular formula is C15H22O4. The molecule has 0 radical (unpaired) electrons. The van der Waals surface area contributed by atoms with Gasteiger partial charge in [-0.1, -0.05) is 44.0 Å². The molecule has 0 heterocycles. The fourth-order valence-electron chi connectivity index (χ4n) is 2.17.